The Bertz CT molecular complexity index is 982. The third kappa shape index (κ3) is 3.25. The lowest BCUT2D eigenvalue weighted by Gasteiger charge is -2.23. The van der Waals surface area contributed by atoms with Gasteiger partial charge >= 0.3 is 5.97 Å². The van der Waals surface area contributed by atoms with Crippen LogP contribution in [-0.4, -0.2) is 37.5 Å². The Morgan fingerprint density at radius 2 is 1.71 bits per heavy atom. The molecule has 1 N–H and O–H groups in total. The summed E-state index contributed by atoms with van der Waals surface area (Å²) in [5.74, 6) is -0.441. The summed E-state index contributed by atoms with van der Waals surface area (Å²) in [6, 6.07) is 13.8. The first kappa shape index (κ1) is 19.2. The average Bonchev–Trinajstić information content (AvgIpc) is 3.20. The molecule has 6 heteroatoms. The number of nitrogens with zero attached hydrogens (tertiary/aromatic N) is 1. The minimum atomic E-state index is -3.52. The van der Waals surface area contributed by atoms with Crippen molar-refractivity contribution < 1.29 is 18.3 Å². The van der Waals surface area contributed by atoms with E-state index >= 15 is 0 Å². The maximum atomic E-state index is 12.8. The average molecular weight is 400 g/mol. The van der Waals surface area contributed by atoms with Crippen LogP contribution in [-0.2, 0) is 21.2 Å². The quantitative estimate of drug-likeness (QED) is 0.833. The monoisotopic (exact) mass is 399 g/mol. The van der Waals surface area contributed by atoms with Crippen molar-refractivity contribution in [2.75, 3.05) is 13.1 Å². The van der Waals surface area contributed by atoms with Crippen LogP contribution in [0, 0.1) is 18.3 Å². The molecule has 148 valence electrons. The summed E-state index contributed by atoms with van der Waals surface area (Å²) in [7, 11) is -3.52. The number of sulfone groups is 1. The summed E-state index contributed by atoms with van der Waals surface area (Å²) in [5.41, 5.74) is 1.43. The number of carbonyl (C=O) groups is 1. The van der Waals surface area contributed by atoms with Crippen LogP contribution < -0.4 is 0 Å². The van der Waals surface area contributed by atoms with E-state index in [2.05, 4.69) is 4.90 Å². The molecule has 2 aromatic carbocycles. The third-order valence-electron chi connectivity index (χ3n) is 6.34. The smallest absolute Gasteiger partial charge is 0.311 e. The molecule has 2 fully saturated rings. The normalized spacial score (nSPS) is 25.0. The first-order valence-corrected chi connectivity index (χ1v) is 11.2. The highest BCUT2D eigenvalue weighted by Gasteiger charge is 2.54. The van der Waals surface area contributed by atoms with Crippen molar-refractivity contribution >= 4 is 15.8 Å². The second-order valence-electron chi connectivity index (χ2n) is 8.18. The molecular weight excluding hydrogens is 374 g/mol. The van der Waals surface area contributed by atoms with E-state index in [0.29, 0.717) is 18.0 Å². The van der Waals surface area contributed by atoms with Gasteiger partial charge in [-0.25, -0.2) is 8.42 Å². The summed E-state index contributed by atoms with van der Waals surface area (Å²) in [4.78, 5) is 14.6. The van der Waals surface area contributed by atoms with Gasteiger partial charge in [-0.15, -0.1) is 0 Å². The molecule has 2 atom stereocenters. The fourth-order valence-electron chi connectivity index (χ4n) is 4.75. The van der Waals surface area contributed by atoms with Gasteiger partial charge in [0.15, 0.2) is 0 Å². The van der Waals surface area contributed by atoms with Crippen molar-refractivity contribution in [3.63, 3.8) is 0 Å². The van der Waals surface area contributed by atoms with Crippen molar-refractivity contribution in [2.45, 2.75) is 42.5 Å². The van der Waals surface area contributed by atoms with Gasteiger partial charge in [0.25, 0.3) is 0 Å². The van der Waals surface area contributed by atoms with E-state index in [-0.39, 0.29) is 10.8 Å². The third-order valence-corrected chi connectivity index (χ3v) is 8.12. The Kier molecular flexibility index (Phi) is 4.79. The van der Waals surface area contributed by atoms with E-state index in [4.69, 9.17) is 0 Å². The van der Waals surface area contributed by atoms with Gasteiger partial charge in [0, 0.05) is 19.6 Å². The minimum absolute atomic E-state index is 0.228. The number of benzene rings is 2. The van der Waals surface area contributed by atoms with Crippen LogP contribution in [0.25, 0.3) is 0 Å². The Hall–Kier alpha value is -2.18. The van der Waals surface area contributed by atoms with Crippen LogP contribution in [0.15, 0.2) is 58.3 Å². The first-order valence-electron chi connectivity index (χ1n) is 9.68. The highest BCUT2D eigenvalue weighted by atomic mass is 32.2. The first-order chi connectivity index (χ1) is 13.3. The molecule has 28 heavy (non-hydrogen) atoms. The number of hydrogen-bond donors (Lipinski definition) is 1. The number of carboxylic acid groups (broad SMARTS) is 1. The largest absolute Gasteiger partial charge is 0.481 e. The lowest BCUT2D eigenvalue weighted by atomic mass is 9.81. The molecule has 1 saturated heterocycles. The molecule has 0 amide bonds. The summed E-state index contributed by atoms with van der Waals surface area (Å²) in [6.45, 7) is 3.95. The van der Waals surface area contributed by atoms with Crippen LogP contribution in [0.4, 0.5) is 0 Å². The number of rotatable bonds is 5. The molecule has 5 nitrogen and oxygen atoms in total. The molecule has 1 aliphatic heterocycles. The second-order valence-corrected chi connectivity index (χ2v) is 10.1. The molecule has 0 spiro atoms. The molecule has 0 bridgehead atoms. The van der Waals surface area contributed by atoms with Gasteiger partial charge in [0.2, 0.25) is 9.84 Å². The van der Waals surface area contributed by atoms with Crippen molar-refractivity contribution in [1.82, 2.24) is 4.90 Å². The number of aliphatic carboxylic acids is 1. The van der Waals surface area contributed by atoms with Crippen molar-refractivity contribution in [3.05, 3.63) is 59.7 Å². The van der Waals surface area contributed by atoms with Crippen LogP contribution in [0.5, 0.6) is 0 Å². The maximum absolute atomic E-state index is 12.8. The minimum Gasteiger partial charge on any atom is -0.481 e. The van der Waals surface area contributed by atoms with Crippen LogP contribution in [0.2, 0.25) is 0 Å². The Morgan fingerprint density at radius 3 is 2.29 bits per heavy atom. The molecule has 2 aromatic rings. The zero-order chi connectivity index (χ0) is 19.9. The van der Waals surface area contributed by atoms with Crippen molar-refractivity contribution in [2.24, 2.45) is 11.3 Å². The molecule has 0 radical (unpaired) electrons. The molecule has 0 unspecified atom stereocenters. The second kappa shape index (κ2) is 7.01. The standard InChI is InChI=1S/C22H25NO4S/c1-16-4-8-19(9-5-16)28(26,27)20-10-6-17(7-11-20)13-23-14-18-3-2-12-22(18,15-23)21(24)25/h4-11,18H,2-3,12-15H2,1H3,(H,24,25)/t18-,22+/m0/s1. The predicted molar refractivity (Wildman–Crippen MR) is 106 cm³/mol. The lowest BCUT2D eigenvalue weighted by molar-refractivity contribution is -0.149. The zero-order valence-electron chi connectivity index (χ0n) is 16.0. The van der Waals surface area contributed by atoms with E-state index in [0.717, 1.165) is 36.9 Å². The number of carboxylic acids is 1. The van der Waals surface area contributed by atoms with Gasteiger partial charge in [-0.3, -0.25) is 9.69 Å². The van der Waals surface area contributed by atoms with E-state index in [1.165, 1.54) is 0 Å². The predicted octanol–water partition coefficient (Wildman–Crippen LogP) is 3.51. The number of fused-ring (bicyclic) bond motifs is 1. The zero-order valence-corrected chi connectivity index (χ0v) is 16.8. The Morgan fingerprint density at radius 1 is 1.11 bits per heavy atom. The van der Waals surface area contributed by atoms with Crippen LogP contribution in [0.1, 0.15) is 30.4 Å². The molecule has 1 heterocycles. The highest BCUT2D eigenvalue weighted by molar-refractivity contribution is 7.91. The highest BCUT2D eigenvalue weighted by Crippen LogP contribution is 2.49. The SMILES string of the molecule is Cc1ccc(S(=O)(=O)c2ccc(CN3C[C@@H]4CCC[C@@]4(C(=O)O)C3)cc2)cc1. The van der Waals surface area contributed by atoms with Crippen molar-refractivity contribution in [1.29, 1.82) is 0 Å². The Balaban J connectivity index is 1.49. The van der Waals surface area contributed by atoms with Crippen LogP contribution in [0.3, 0.4) is 0 Å². The summed E-state index contributed by atoms with van der Waals surface area (Å²) < 4.78 is 25.5. The molecule has 2 aliphatic rings. The molecule has 4 rings (SSSR count). The fraction of sp³-hybridized carbons (Fsp3) is 0.409. The van der Waals surface area contributed by atoms with Gasteiger partial charge in [-0.1, -0.05) is 36.2 Å². The summed E-state index contributed by atoms with van der Waals surface area (Å²) >= 11 is 0. The topological polar surface area (TPSA) is 74.7 Å². The lowest BCUT2D eigenvalue weighted by Crippen LogP contribution is -2.35. The van der Waals surface area contributed by atoms with E-state index in [1.54, 1.807) is 36.4 Å². The van der Waals surface area contributed by atoms with E-state index < -0.39 is 21.2 Å². The van der Waals surface area contributed by atoms with E-state index in [9.17, 15) is 18.3 Å². The Labute approximate surface area is 165 Å². The van der Waals surface area contributed by atoms with Gasteiger partial charge in [-0.2, -0.15) is 0 Å². The van der Waals surface area contributed by atoms with Gasteiger partial charge < -0.3 is 5.11 Å². The maximum Gasteiger partial charge on any atom is 0.311 e. The number of likely N-dealkylation sites (tertiary alicyclic amines) is 1. The molecular formula is C22H25NO4S. The molecule has 0 aromatic heterocycles. The summed E-state index contributed by atoms with van der Waals surface area (Å²) in [6.07, 6.45) is 2.74. The molecule has 1 saturated carbocycles. The van der Waals surface area contributed by atoms with Crippen LogP contribution >= 0.6 is 0 Å². The number of aryl methyl sites for hydroxylation is 1. The van der Waals surface area contributed by atoms with E-state index in [1.807, 2.05) is 19.1 Å². The molecule has 1 aliphatic carbocycles. The van der Waals surface area contributed by atoms with Gasteiger partial charge in [0.1, 0.15) is 0 Å². The summed E-state index contributed by atoms with van der Waals surface area (Å²) in [5, 5.41) is 9.72. The van der Waals surface area contributed by atoms with Gasteiger partial charge in [-0.05, 0) is 55.5 Å². The fourth-order valence-corrected chi connectivity index (χ4v) is 6.01. The number of hydrogen-bond acceptors (Lipinski definition) is 4. The van der Waals surface area contributed by atoms with Gasteiger partial charge in [0.05, 0.1) is 15.2 Å². The van der Waals surface area contributed by atoms with Crippen molar-refractivity contribution in [3.8, 4) is 0 Å².